The molecule has 0 aromatic carbocycles. The number of pyridine rings is 1. The van der Waals surface area contributed by atoms with Crippen molar-refractivity contribution < 1.29 is 41.9 Å². The van der Waals surface area contributed by atoms with Crippen LogP contribution in [-0.4, -0.2) is 25.8 Å². The molecule has 0 atom stereocenters. The predicted octanol–water partition coefficient (Wildman–Crippen LogP) is -1.53. The van der Waals surface area contributed by atoms with Crippen LogP contribution in [0.15, 0.2) is 52.7 Å². The van der Waals surface area contributed by atoms with E-state index in [1.807, 2.05) is 69.1 Å². The predicted molar refractivity (Wildman–Crippen MR) is 107 cm³/mol. The summed E-state index contributed by atoms with van der Waals surface area (Å²) >= 11 is 0. The summed E-state index contributed by atoms with van der Waals surface area (Å²) in [5.74, 6) is 0. The van der Waals surface area contributed by atoms with E-state index in [-0.39, 0.29) is 41.9 Å². The zero-order chi connectivity index (χ0) is 18.8. The molecule has 0 fully saturated rings. The van der Waals surface area contributed by atoms with Gasteiger partial charge in [0.05, 0.1) is 22.8 Å². The van der Waals surface area contributed by atoms with Gasteiger partial charge in [0.25, 0.3) is 0 Å². The molecule has 0 aliphatic rings. The summed E-state index contributed by atoms with van der Waals surface area (Å²) in [4.78, 5) is 4.76. The Hall–Kier alpha value is -1.85. The number of aromatic nitrogens is 3. The van der Waals surface area contributed by atoms with E-state index in [2.05, 4.69) is 24.3 Å². The monoisotopic (exact) mass is 473 g/mol. The second-order valence-corrected chi connectivity index (χ2v) is 6.63. The van der Waals surface area contributed by atoms with Gasteiger partial charge in [0, 0.05) is 22.8 Å². The molecule has 0 amide bonds. The van der Waals surface area contributed by atoms with Crippen molar-refractivity contribution in [3.8, 4) is 0 Å². The molecule has 8 heteroatoms. The zero-order valence-corrected chi connectivity index (χ0v) is 20.0. The van der Waals surface area contributed by atoms with Crippen LogP contribution in [0.1, 0.15) is 48.0 Å². The number of rotatable bonds is 4. The number of halogens is 2. The topological polar surface area (TPSA) is 47.5 Å². The van der Waals surface area contributed by atoms with Crippen LogP contribution in [0, 0.1) is 27.7 Å². The first-order chi connectivity index (χ1) is 12.4. The van der Waals surface area contributed by atoms with E-state index in [9.17, 15) is 0 Å². The fourth-order valence-corrected chi connectivity index (χ4v) is 2.88. The third-order valence-electron chi connectivity index (χ3n) is 4.46. The maximum absolute atomic E-state index is 4.76. The molecule has 0 N–H and O–H groups in total. The Bertz CT molecular complexity index is 902. The van der Waals surface area contributed by atoms with Gasteiger partial charge < -0.3 is 24.8 Å². The molecule has 0 bridgehead atoms. The fourth-order valence-electron chi connectivity index (χ4n) is 2.88. The van der Waals surface area contributed by atoms with Crippen molar-refractivity contribution in [1.29, 1.82) is 0 Å². The van der Waals surface area contributed by atoms with Gasteiger partial charge in [0.1, 0.15) is 0 Å². The van der Waals surface area contributed by atoms with Crippen molar-refractivity contribution in [3.05, 3.63) is 76.6 Å². The van der Waals surface area contributed by atoms with Crippen molar-refractivity contribution in [2.24, 2.45) is 10.2 Å². The second-order valence-electron chi connectivity index (χ2n) is 6.63. The van der Waals surface area contributed by atoms with E-state index in [1.165, 1.54) is 0 Å². The minimum atomic E-state index is 0. The van der Waals surface area contributed by atoms with E-state index < -0.39 is 0 Å². The van der Waals surface area contributed by atoms with Crippen LogP contribution in [0.2, 0.25) is 0 Å². The Labute approximate surface area is 195 Å². The molecule has 0 aliphatic heterocycles. The zero-order valence-electron chi connectivity index (χ0n) is 17.4. The molecular weight excluding hydrogens is 449 g/mol. The standard InChI is InChI=1S/C21H25N5.2ClH.Fe/c1-14-10-11-15(2)25(14)23-18(5)20-8-7-9-21(22-20)19(6)24-26-16(3)12-13-17(26)4;;;/h7-13H,1-6H3;2*1H;/q;;;+2/p-2/b23-18+,24-19+;;;. The van der Waals surface area contributed by atoms with E-state index in [0.29, 0.717) is 0 Å². The summed E-state index contributed by atoms with van der Waals surface area (Å²) in [6.45, 7) is 12.2. The Morgan fingerprint density at radius 1 is 0.655 bits per heavy atom. The van der Waals surface area contributed by atoms with Crippen LogP contribution in [0.25, 0.3) is 0 Å². The summed E-state index contributed by atoms with van der Waals surface area (Å²) in [5.41, 5.74) is 7.87. The fraction of sp³-hybridized carbons (Fsp3) is 0.286. The molecule has 3 heterocycles. The number of nitrogens with zero attached hydrogens (tertiary/aromatic N) is 5. The van der Waals surface area contributed by atoms with Gasteiger partial charge in [-0.05, 0) is 77.9 Å². The van der Waals surface area contributed by atoms with Crippen LogP contribution < -0.4 is 24.8 Å². The summed E-state index contributed by atoms with van der Waals surface area (Å²) < 4.78 is 3.88. The van der Waals surface area contributed by atoms with Crippen LogP contribution in [-0.2, 0) is 17.1 Å². The first-order valence-corrected chi connectivity index (χ1v) is 8.75. The van der Waals surface area contributed by atoms with Crippen LogP contribution in [0.4, 0.5) is 0 Å². The van der Waals surface area contributed by atoms with Gasteiger partial charge >= 0.3 is 17.1 Å². The first kappa shape index (κ1) is 27.1. The largest absolute Gasteiger partial charge is 2.00 e. The van der Waals surface area contributed by atoms with Gasteiger partial charge in [-0.3, -0.25) is 0 Å². The first-order valence-electron chi connectivity index (χ1n) is 8.75. The molecule has 3 rings (SSSR count). The minimum Gasteiger partial charge on any atom is -1.00 e. The van der Waals surface area contributed by atoms with Crippen molar-refractivity contribution in [3.63, 3.8) is 0 Å². The third-order valence-corrected chi connectivity index (χ3v) is 4.46. The minimum absolute atomic E-state index is 0. The van der Waals surface area contributed by atoms with Crippen LogP contribution in [0.3, 0.4) is 0 Å². The Morgan fingerprint density at radius 3 is 1.28 bits per heavy atom. The summed E-state index contributed by atoms with van der Waals surface area (Å²) in [6, 6.07) is 14.2. The Kier molecular flexibility index (Phi) is 10.6. The van der Waals surface area contributed by atoms with Gasteiger partial charge in [0.2, 0.25) is 0 Å². The molecule has 0 saturated heterocycles. The molecule has 29 heavy (non-hydrogen) atoms. The van der Waals surface area contributed by atoms with Gasteiger partial charge in [-0.15, -0.1) is 0 Å². The molecule has 3 aromatic rings. The van der Waals surface area contributed by atoms with Gasteiger partial charge in [0.15, 0.2) is 0 Å². The van der Waals surface area contributed by atoms with E-state index in [1.54, 1.807) is 0 Å². The maximum atomic E-state index is 4.76. The normalized spacial score (nSPS) is 11.4. The van der Waals surface area contributed by atoms with Gasteiger partial charge in [-0.25, -0.2) is 14.3 Å². The summed E-state index contributed by atoms with van der Waals surface area (Å²) in [7, 11) is 0. The van der Waals surface area contributed by atoms with E-state index in [4.69, 9.17) is 15.2 Å². The van der Waals surface area contributed by atoms with Crippen molar-refractivity contribution in [1.82, 2.24) is 14.3 Å². The van der Waals surface area contributed by atoms with Gasteiger partial charge in [-0.2, -0.15) is 10.2 Å². The van der Waals surface area contributed by atoms with Crippen LogP contribution >= 0.6 is 0 Å². The molecule has 0 unspecified atom stereocenters. The average Bonchev–Trinajstić information content (AvgIpc) is 3.11. The molecule has 0 aliphatic carbocycles. The molecule has 156 valence electrons. The molecular formula is C21H25Cl2FeN5. The van der Waals surface area contributed by atoms with E-state index >= 15 is 0 Å². The quantitative estimate of drug-likeness (QED) is 0.335. The number of hydrogen-bond donors (Lipinski definition) is 0. The second kappa shape index (κ2) is 11.4. The average molecular weight is 474 g/mol. The third kappa shape index (κ3) is 6.06. The summed E-state index contributed by atoms with van der Waals surface area (Å²) in [5, 5.41) is 9.44. The number of hydrogen-bond acceptors (Lipinski definition) is 3. The van der Waals surface area contributed by atoms with Crippen molar-refractivity contribution in [2.75, 3.05) is 0 Å². The molecule has 0 spiro atoms. The Morgan fingerprint density at radius 2 is 0.966 bits per heavy atom. The number of aryl methyl sites for hydroxylation is 4. The maximum Gasteiger partial charge on any atom is 2.00 e. The van der Waals surface area contributed by atoms with Crippen LogP contribution in [0.5, 0.6) is 0 Å². The van der Waals surface area contributed by atoms with Gasteiger partial charge in [-0.1, -0.05) is 6.07 Å². The smallest absolute Gasteiger partial charge is 1.00 e. The Balaban J connectivity index is 0.00000261. The SMILES string of the molecule is C/C(=N\n1c(C)ccc1C)c1cccc(/C(C)=N/n2c(C)ccc2C)n1.[Cl-].[Cl-].[Fe+2]. The van der Waals surface area contributed by atoms with Crippen molar-refractivity contribution in [2.45, 2.75) is 41.5 Å². The molecule has 0 radical (unpaired) electrons. The summed E-state index contributed by atoms with van der Waals surface area (Å²) in [6.07, 6.45) is 0. The van der Waals surface area contributed by atoms with Crippen molar-refractivity contribution >= 4 is 11.4 Å². The van der Waals surface area contributed by atoms with E-state index in [0.717, 1.165) is 45.6 Å². The molecule has 3 aromatic heterocycles. The molecule has 0 saturated carbocycles. The molecule has 5 nitrogen and oxygen atoms in total.